The lowest BCUT2D eigenvalue weighted by atomic mass is 9.85. The predicted octanol–water partition coefficient (Wildman–Crippen LogP) is 3.89. The number of carbonyl (C=O) groups excluding carboxylic acids is 2. The lowest BCUT2D eigenvalue weighted by molar-refractivity contribution is -0.144. The van der Waals surface area contributed by atoms with Gasteiger partial charge in [-0.15, -0.1) is 5.10 Å². The van der Waals surface area contributed by atoms with Crippen molar-refractivity contribution >= 4 is 23.4 Å². The molecule has 2 amide bonds. The Labute approximate surface area is 251 Å². The monoisotopic (exact) mass is 593 g/mol. The maximum absolute atomic E-state index is 14.1. The Balaban J connectivity index is 1.31. The molecule has 2 aliphatic heterocycles. The van der Waals surface area contributed by atoms with Crippen molar-refractivity contribution < 1.29 is 14.7 Å². The van der Waals surface area contributed by atoms with Gasteiger partial charge in [-0.3, -0.25) is 14.6 Å². The molecule has 10 nitrogen and oxygen atoms in total. The minimum absolute atomic E-state index is 0.0916. The Morgan fingerprint density at radius 1 is 1.14 bits per heavy atom. The first-order chi connectivity index (χ1) is 20.0. The zero-order valence-electron chi connectivity index (χ0n) is 24.6. The van der Waals surface area contributed by atoms with Crippen LogP contribution in [-0.2, 0) is 9.59 Å². The van der Waals surface area contributed by atoms with Crippen LogP contribution in [0.25, 0.3) is 11.1 Å². The fraction of sp³-hybridized carbons (Fsp3) is 0.516. The Hall–Kier alpha value is -3.34. The summed E-state index contributed by atoms with van der Waals surface area (Å²) in [6.45, 7) is 9.80. The van der Waals surface area contributed by atoms with E-state index in [1.165, 1.54) is 4.90 Å². The lowest BCUT2D eigenvalue weighted by Crippen LogP contribution is -2.50. The van der Waals surface area contributed by atoms with E-state index in [1.54, 1.807) is 23.1 Å². The van der Waals surface area contributed by atoms with Gasteiger partial charge in [-0.25, -0.2) is 4.68 Å². The van der Waals surface area contributed by atoms with Crippen LogP contribution in [0, 0.1) is 5.41 Å². The average molecular weight is 594 g/mol. The van der Waals surface area contributed by atoms with Crippen LogP contribution in [0.5, 0.6) is 0 Å². The smallest absolute Gasteiger partial charge is 0.248 e. The quantitative estimate of drug-likeness (QED) is 0.379. The third-order valence-corrected chi connectivity index (χ3v) is 8.65. The number of halogens is 1. The first-order valence-electron chi connectivity index (χ1n) is 14.6. The maximum atomic E-state index is 14.1. The number of benzene rings is 1. The standard InChI is InChI=1S/C31H40ClN7O3/c1-19(20-5-7-21(8-6-20)24-16-34-14-11-25(24)32)35-29(41)27-15-23(40)17-38(27)30(42)28(31(2,3)4)39-18-26(36-37-39)22-9-12-33-13-10-22/h5-8,11,14,16,18-19,22-23,27-28,33,40H,9-10,12-13,15,17H2,1-4H3,(H,35,41)/t19-,23+,27-,28+/m0/s1. The summed E-state index contributed by atoms with van der Waals surface area (Å²) in [4.78, 5) is 33.3. The molecule has 2 aromatic heterocycles. The second-order valence-corrected chi connectivity index (χ2v) is 12.9. The van der Waals surface area contributed by atoms with Gasteiger partial charge >= 0.3 is 0 Å². The molecule has 0 unspecified atom stereocenters. The lowest BCUT2D eigenvalue weighted by Gasteiger charge is -2.35. The van der Waals surface area contributed by atoms with Gasteiger partial charge < -0.3 is 20.6 Å². The van der Waals surface area contributed by atoms with Crippen LogP contribution in [0.3, 0.4) is 0 Å². The molecule has 3 aromatic rings. The van der Waals surface area contributed by atoms with Crippen LogP contribution in [-0.4, -0.2) is 73.6 Å². The van der Waals surface area contributed by atoms with Gasteiger partial charge in [0.1, 0.15) is 12.1 Å². The molecule has 2 aliphatic rings. The molecule has 2 saturated heterocycles. The summed E-state index contributed by atoms with van der Waals surface area (Å²) in [6, 6.07) is 7.74. The molecular formula is C31H40ClN7O3. The molecule has 5 rings (SSSR count). The van der Waals surface area contributed by atoms with E-state index >= 15 is 0 Å². The fourth-order valence-electron chi connectivity index (χ4n) is 6.00. The molecular weight excluding hydrogens is 554 g/mol. The summed E-state index contributed by atoms with van der Waals surface area (Å²) in [6.07, 6.45) is 6.60. The number of amides is 2. The second kappa shape index (κ2) is 12.5. The van der Waals surface area contributed by atoms with Crippen molar-refractivity contribution in [1.82, 2.24) is 35.5 Å². The Bertz CT molecular complexity index is 1400. The zero-order valence-corrected chi connectivity index (χ0v) is 25.4. The van der Waals surface area contributed by atoms with E-state index in [0.29, 0.717) is 10.9 Å². The molecule has 11 heteroatoms. The van der Waals surface area contributed by atoms with E-state index < -0.39 is 23.6 Å². The van der Waals surface area contributed by atoms with Gasteiger partial charge in [0.2, 0.25) is 11.8 Å². The van der Waals surface area contributed by atoms with Gasteiger partial charge in [-0.05, 0) is 55.5 Å². The largest absolute Gasteiger partial charge is 0.391 e. The van der Waals surface area contributed by atoms with E-state index in [2.05, 4.69) is 25.9 Å². The SMILES string of the molecule is C[C@H](NC(=O)[C@@H]1C[C@@H](O)CN1C(=O)[C@@H](n1cc(C2CCNCC2)nn1)C(C)(C)C)c1ccc(-c2cnccc2Cl)cc1. The highest BCUT2D eigenvalue weighted by atomic mass is 35.5. The first kappa shape index (κ1) is 30.1. The van der Waals surface area contributed by atoms with Crippen LogP contribution in [0.1, 0.15) is 76.2 Å². The van der Waals surface area contributed by atoms with Gasteiger partial charge in [0.15, 0.2) is 0 Å². The summed E-state index contributed by atoms with van der Waals surface area (Å²) in [5.74, 6) is -0.237. The molecule has 4 atom stereocenters. The highest BCUT2D eigenvalue weighted by Gasteiger charge is 2.45. The van der Waals surface area contributed by atoms with E-state index in [1.807, 2.05) is 58.2 Å². The molecule has 1 aromatic carbocycles. The topological polar surface area (TPSA) is 125 Å². The first-order valence-corrected chi connectivity index (χ1v) is 15.0. The van der Waals surface area contributed by atoms with Gasteiger partial charge in [-0.1, -0.05) is 61.9 Å². The number of hydrogen-bond donors (Lipinski definition) is 3. The third kappa shape index (κ3) is 6.50. The summed E-state index contributed by atoms with van der Waals surface area (Å²) in [5, 5.41) is 26.4. The number of aliphatic hydroxyl groups is 1. The number of likely N-dealkylation sites (tertiary alicyclic amines) is 1. The summed E-state index contributed by atoms with van der Waals surface area (Å²) < 4.78 is 1.65. The fourth-order valence-corrected chi connectivity index (χ4v) is 6.21. The third-order valence-electron chi connectivity index (χ3n) is 8.32. The molecule has 2 fully saturated rings. The van der Waals surface area contributed by atoms with Gasteiger partial charge in [-0.2, -0.15) is 0 Å². The van der Waals surface area contributed by atoms with Crippen LogP contribution in [0.2, 0.25) is 5.02 Å². The molecule has 224 valence electrons. The number of aliphatic hydroxyl groups excluding tert-OH is 1. The van der Waals surface area contributed by atoms with Crippen molar-refractivity contribution in [3.63, 3.8) is 0 Å². The molecule has 42 heavy (non-hydrogen) atoms. The van der Waals surface area contributed by atoms with Crippen molar-refractivity contribution in [2.45, 2.75) is 77.1 Å². The van der Waals surface area contributed by atoms with Crippen molar-refractivity contribution in [1.29, 1.82) is 0 Å². The van der Waals surface area contributed by atoms with E-state index in [9.17, 15) is 14.7 Å². The average Bonchev–Trinajstić information content (AvgIpc) is 3.60. The normalized spacial score (nSPS) is 21.2. The minimum Gasteiger partial charge on any atom is -0.391 e. The number of rotatable bonds is 7. The molecule has 0 bridgehead atoms. The van der Waals surface area contributed by atoms with E-state index in [4.69, 9.17) is 11.6 Å². The Morgan fingerprint density at radius 3 is 2.52 bits per heavy atom. The van der Waals surface area contributed by atoms with Crippen molar-refractivity contribution in [3.8, 4) is 11.1 Å². The van der Waals surface area contributed by atoms with E-state index in [-0.39, 0.29) is 30.8 Å². The van der Waals surface area contributed by atoms with Gasteiger partial charge in [0.05, 0.1) is 22.9 Å². The minimum atomic E-state index is -0.791. The summed E-state index contributed by atoms with van der Waals surface area (Å²) in [7, 11) is 0. The number of piperidine rings is 1. The maximum Gasteiger partial charge on any atom is 0.248 e. The van der Waals surface area contributed by atoms with Crippen LogP contribution in [0.15, 0.2) is 48.9 Å². The van der Waals surface area contributed by atoms with Crippen molar-refractivity contribution in [3.05, 3.63) is 65.2 Å². The molecule has 4 heterocycles. The number of hydrogen-bond acceptors (Lipinski definition) is 7. The highest BCUT2D eigenvalue weighted by Crippen LogP contribution is 2.35. The molecule has 0 aliphatic carbocycles. The Kier molecular flexibility index (Phi) is 8.96. The molecule has 3 N–H and O–H groups in total. The number of β-amino-alcohol motifs (C(OH)–C–C–N with tert-alkyl or cyclic N) is 1. The molecule has 0 radical (unpaired) electrons. The highest BCUT2D eigenvalue weighted by molar-refractivity contribution is 6.33. The predicted molar refractivity (Wildman–Crippen MR) is 161 cm³/mol. The van der Waals surface area contributed by atoms with Gasteiger partial charge in [0, 0.05) is 43.0 Å². The molecule has 0 saturated carbocycles. The zero-order chi connectivity index (χ0) is 30.0. The van der Waals surface area contributed by atoms with Crippen molar-refractivity contribution in [2.24, 2.45) is 5.41 Å². The Morgan fingerprint density at radius 2 is 1.86 bits per heavy atom. The second-order valence-electron chi connectivity index (χ2n) is 12.5. The van der Waals surface area contributed by atoms with Gasteiger partial charge in [0.25, 0.3) is 0 Å². The van der Waals surface area contributed by atoms with Crippen molar-refractivity contribution in [2.75, 3.05) is 19.6 Å². The van der Waals surface area contributed by atoms with Crippen LogP contribution >= 0.6 is 11.6 Å². The molecule has 0 spiro atoms. The number of carbonyl (C=O) groups is 2. The van der Waals surface area contributed by atoms with Crippen LogP contribution in [0.4, 0.5) is 0 Å². The summed E-state index contributed by atoms with van der Waals surface area (Å²) >= 11 is 6.32. The number of nitrogens with zero attached hydrogens (tertiary/aromatic N) is 5. The number of aromatic nitrogens is 4. The summed E-state index contributed by atoms with van der Waals surface area (Å²) in [5.41, 5.74) is 3.05. The number of nitrogens with one attached hydrogen (secondary N) is 2. The number of pyridine rings is 1. The van der Waals surface area contributed by atoms with E-state index in [0.717, 1.165) is 48.3 Å². The van der Waals surface area contributed by atoms with Crippen LogP contribution < -0.4 is 10.6 Å².